The number of nitrogens with one attached hydrogen (secondary N) is 2. The van der Waals surface area contributed by atoms with Gasteiger partial charge >= 0.3 is 12.0 Å². The maximum Gasteiger partial charge on any atom is 0.326 e. The molecule has 0 saturated carbocycles. The van der Waals surface area contributed by atoms with Gasteiger partial charge in [0.05, 0.1) is 0 Å². The molecule has 0 spiro atoms. The fourth-order valence-electron chi connectivity index (χ4n) is 1.64. The lowest BCUT2D eigenvalue weighted by Crippen LogP contribution is -2.54. The minimum atomic E-state index is -1.10. The molecule has 0 unspecified atom stereocenters. The highest BCUT2D eigenvalue weighted by molar-refractivity contribution is 5.86. The number of aliphatic carboxylic acids is 1. The van der Waals surface area contributed by atoms with Crippen LogP contribution in [-0.2, 0) is 9.59 Å². The van der Waals surface area contributed by atoms with Gasteiger partial charge in [-0.3, -0.25) is 4.79 Å². The first-order valence-electron chi connectivity index (χ1n) is 6.62. The molecule has 0 aromatic carbocycles. The van der Waals surface area contributed by atoms with Crippen LogP contribution in [0.2, 0.25) is 0 Å². The molecule has 0 heterocycles. The molecule has 7 heteroatoms. The van der Waals surface area contributed by atoms with Crippen molar-refractivity contribution in [2.24, 2.45) is 5.41 Å². The first-order chi connectivity index (χ1) is 9.13. The van der Waals surface area contributed by atoms with Gasteiger partial charge in [-0.2, -0.15) is 0 Å². The highest BCUT2D eigenvalue weighted by atomic mass is 16.4. The molecule has 0 aliphatic heterocycles. The topological polar surface area (TPSA) is 98.7 Å². The molecular weight excluding hydrogens is 262 g/mol. The molecule has 3 amide bonds. The van der Waals surface area contributed by atoms with Crippen LogP contribution in [0.1, 0.15) is 34.1 Å². The standard InChI is InChI=1S/C13H25N3O4/c1-6-7-16(8-9(17)14-5)12(20)15-10(11(18)19)13(2,3)4/h10H,6-8H2,1-5H3,(H,14,17)(H,15,20)(H,18,19)/t10-/m1/s1. The highest BCUT2D eigenvalue weighted by Crippen LogP contribution is 2.19. The number of carbonyl (C=O) groups excluding carboxylic acids is 2. The molecule has 20 heavy (non-hydrogen) atoms. The van der Waals surface area contributed by atoms with Crippen LogP contribution in [0.4, 0.5) is 4.79 Å². The summed E-state index contributed by atoms with van der Waals surface area (Å²) < 4.78 is 0. The second kappa shape index (κ2) is 7.72. The molecule has 0 aromatic rings. The number of nitrogens with zero attached hydrogens (tertiary/aromatic N) is 1. The van der Waals surface area contributed by atoms with E-state index in [1.165, 1.54) is 11.9 Å². The number of amides is 3. The summed E-state index contributed by atoms with van der Waals surface area (Å²) in [4.78, 5) is 36.0. The molecule has 0 aromatic heterocycles. The Balaban J connectivity index is 4.89. The number of urea groups is 1. The third-order valence-electron chi connectivity index (χ3n) is 2.77. The average molecular weight is 287 g/mol. The van der Waals surface area contributed by atoms with E-state index < -0.39 is 23.5 Å². The Hall–Kier alpha value is -1.79. The minimum Gasteiger partial charge on any atom is -0.480 e. The van der Waals surface area contributed by atoms with Crippen LogP contribution < -0.4 is 10.6 Å². The average Bonchev–Trinajstić information content (AvgIpc) is 2.32. The second-order valence-corrected chi connectivity index (χ2v) is 5.68. The van der Waals surface area contributed by atoms with Crippen molar-refractivity contribution in [3.8, 4) is 0 Å². The molecule has 116 valence electrons. The van der Waals surface area contributed by atoms with Gasteiger partial charge in [-0.05, 0) is 11.8 Å². The number of rotatable bonds is 6. The number of hydrogen-bond donors (Lipinski definition) is 3. The van der Waals surface area contributed by atoms with E-state index in [1.807, 2.05) is 6.92 Å². The molecule has 0 aliphatic rings. The number of likely N-dealkylation sites (N-methyl/N-ethyl adjacent to an activating group) is 1. The number of carbonyl (C=O) groups is 3. The monoisotopic (exact) mass is 287 g/mol. The first kappa shape index (κ1) is 18.2. The smallest absolute Gasteiger partial charge is 0.326 e. The van der Waals surface area contributed by atoms with E-state index in [0.717, 1.165) is 0 Å². The summed E-state index contributed by atoms with van der Waals surface area (Å²) in [5.74, 6) is -1.39. The SMILES string of the molecule is CCCN(CC(=O)NC)C(=O)N[C@H](C(=O)O)C(C)(C)C. The molecule has 3 N–H and O–H groups in total. The Kier molecular flexibility index (Phi) is 7.02. The molecule has 0 fully saturated rings. The highest BCUT2D eigenvalue weighted by Gasteiger charge is 2.33. The van der Waals surface area contributed by atoms with Crippen LogP contribution in [0.15, 0.2) is 0 Å². The number of hydrogen-bond acceptors (Lipinski definition) is 3. The molecule has 0 bridgehead atoms. The van der Waals surface area contributed by atoms with E-state index in [2.05, 4.69) is 10.6 Å². The van der Waals surface area contributed by atoms with Gasteiger partial charge in [0.15, 0.2) is 0 Å². The van der Waals surface area contributed by atoms with Gasteiger partial charge in [0, 0.05) is 13.6 Å². The Morgan fingerprint density at radius 2 is 1.80 bits per heavy atom. The van der Waals surface area contributed by atoms with Crippen molar-refractivity contribution in [1.29, 1.82) is 0 Å². The first-order valence-corrected chi connectivity index (χ1v) is 6.62. The van der Waals surface area contributed by atoms with Crippen LogP contribution in [0.25, 0.3) is 0 Å². The summed E-state index contributed by atoms with van der Waals surface area (Å²) in [5.41, 5.74) is -0.619. The lowest BCUT2D eigenvalue weighted by molar-refractivity contribution is -0.142. The Morgan fingerprint density at radius 1 is 1.25 bits per heavy atom. The summed E-state index contributed by atoms with van der Waals surface area (Å²) in [6.07, 6.45) is 0.678. The zero-order valence-electron chi connectivity index (χ0n) is 12.8. The summed E-state index contributed by atoms with van der Waals surface area (Å²) in [6, 6.07) is -1.56. The van der Waals surface area contributed by atoms with E-state index in [9.17, 15) is 19.5 Å². The quantitative estimate of drug-likeness (QED) is 0.668. The zero-order valence-corrected chi connectivity index (χ0v) is 12.8. The van der Waals surface area contributed by atoms with Crippen molar-refractivity contribution < 1.29 is 19.5 Å². The molecule has 7 nitrogen and oxygen atoms in total. The largest absolute Gasteiger partial charge is 0.480 e. The van der Waals surface area contributed by atoms with E-state index in [1.54, 1.807) is 20.8 Å². The lowest BCUT2D eigenvalue weighted by atomic mass is 9.87. The van der Waals surface area contributed by atoms with Crippen LogP contribution >= 0.6 is 0 Å². The number of carboxylic acid groups (broad SMARTS) is 1. The predicted octanol–water partition coefficient (Wildman–Crippen LogP) is 0.653. The van der Waals surface area contributed by atoms with Gasteiger partial charge in [0.2, 0.25) is 5.91 Å². The van der Waals surface area contributed by atoms with Crippen molar-refractivity contribution >= 4 is 17.9 Å². The molecule has 0 aliphatic carbocycles. The zero-order chi connectivity index (χ0) is 15.9. The van der Waals surface area contributed by atoms with Crippen molar-refractivity contribution in [3.05, 3.63) is 0 Å². The fourth-order valence-corrected chi connectivity index (χ4v) is 1.64. The molecule has 0 saturated heterocycles. The van der Waals surface area contributed by atoms with E-state index in [4.69, 9.17) is 0 Å². The summed E-state index contributed by atoms with van der Waals surface area (Å²) in [7, 11) is 1.49. The fraction of sp³-hybridized carbons (Fsp3) is 0.769. The van der Waals surface area contributed by atoms with Crippen LogP contribution in [0, 0.1) is 5.41 Å². The van der Waals surface area contributed by atoms with E-state index in [-0.39, 0.29) is 12.5 Å². The van der Waals surface area contributed by atoms with Crippen molar-refractivity contribution in [2.75, 3.05) is 20.1 Å². The molecular formula is C13H25N3O4. The maximum atomic E-state index is 12.1. The Labute approximate surface area is 119 Å². The summed E-state index contributed by atoms with van der Waals surface area (Å²) >= 11 is 0. The van der Waals surface area contributed by atoms with Gasteiger partial charge in [-0.25, -0.2) is 9.59 Å². The third-order valence-corrected chi connectivity index (χ3v) is 2.77. The van der Waals surface area contributed by atoms with Crippen molar-refractivity contribution in [3.63, 3.8) is 0 Å². The predicted molar refractivity (Wildman–Crippen MR) is 75.3 cm³/mol. The molecule has 0 rings (SSSR count). The van der Waals surface area contributed by atoms with Crippen LogP contribution in [0.5, 0.6) is 0 Å². The Morgan fingerprint density at radius 3 is 2.15 bits per heavy atom. The van der Waals surface area contributed by atoms with E-state index in [0.29, 0.717) is 13.0 Å². The van der Waals surface area contributed by atoms with Crippen molar-refractivity contribution in [2.45, 2.75) is 40.2 Å². The van der Waals surface area contributed by atoms with Crippen LogP contribution in [-0.4, -0.2) is 54.1 Å². The van der Waals surface area contributed by atoms with Gasteiger partial charge in [0.25, 0.3) is 0 Å². The lowest BCUT2D eigenvalue weighted by Gasteiger charge is -2.30. The van der Waals surface area contributed by atoms with Gasteiger partial charge in [-0.1, -0.05) is 27.7 Å². The molecule has 0 radical (unpaired) electrons. The second-order valence-electron chi connectivity index (χ2n) is 5.68. The van der Waals surface area contributed by atoms with Crippen LogP contribution in [0.3, 0.4) is 0 Å². The van der Waals surface area contributed by atoms with Gasteiger partial charge in [-0.15, -0.1) is 0 Å². The maximum absolute atomic E-state index is 12.1. The van der Waals surface area contributed by atoms with Crippen molar-refractivity contribution in [1.82, 2.24) is 15.5 Å². The van der Waals surface area contributed by atoms with Gasteiger partial charge in [0.1, 0.15) is 12.6 Å². The molecule has 1 atom stereocenters. The minimum absolute atomic E-state index is 0.0906. The number of carboxylic acids is 1. The summed E-state index contributed by atoms with van der Waals surface area (Å²) in [6.45, 7) is 7.36. The van der Waals surface area contributed by atoms with E-state index >= 15 is 0 Å². The Bertz CT molecular complexity index is 363. The normalized spacial score (nSPS) is 12.4. The summed E-state index contributed by atoms with van der Waals surface area (Å²) in [5, 5.41) is 14.1. The van der Waals surface area contributed by atoms with Gasteiger partial charge < -0.3 is 20.6 Å². The third kappa shape index (κ3) is 5.90.